The fourth-order valence-electron chi connectivity index (χ4n) is 3.67. The predicted octanol–water partition coefficient (Wildman–Crippen LogP) is 2.80. The number of anilines is 1. The van der Waals surface area contributed by atoms with Gasteiger partial charge in [-0.15, -0.1) is 0 Å². The van der Waals surface area contributed by atoms with E-state index in [2.05, 4.69) is 21.9 Å². The van der Waals surface area contributed by atoms with Gasteiger partial charge < -0.3 is 9.64 Å². The summed E-state index contributed by atoms with van der Waals surface area (Å²) in [6, 6.07) is 8.60. The number of ether oxygens (including phenoxy) is 1. The van der Waals surface area contributed by atoms with Crippen LogP contribution >= 0.6 is 11.6 Å². The summed E-state index contributed by atoms with van der Waals surface area (Å²) in [5.74, 6) is 0.0617. The molecule has 5 heteroatoms. The molecule has 0 aromatic heterocycles. The molecule has 2 fully saturated rings. The van der Waals surface area contributed by atoms with Crippen molar-refractivity contribution < 1.29 is 9.53 Å². The van der Waals surface area contributed by atoms with E-state index in [4.69, 9.17) is 16.3 Å². The van der Waals surface area contributed by atoms with Gasteiger partial charge in [0.25, 0.3) is 0 Å². The van der Waals surface area contributed by atoms with Crippen LogP contribution in [0.15, 0.2) is 24.3 Å². The van der Waals surface area contributed by atoms with Crippen molar-refractivity contribution in [2.45, 2.75) is 25.3 Å². The zero-order valence-electron chi connectivity index (χ0n) is 13.0. The molecule has 3 rings (SSSR count). The third-order valence-corrected chi connectivity index (χ3v) is 5.21. The number of hydrogen-bond donors (Lipinski definition) is 0. The summed E-state index contributed by atoms with van der Waals surface area (Å²) in [5.41, 5.74) is 1.24. The highest BCUT2D eigenvalue weighted by Gasteiger charge is 2.34. The van der Waals surface area contributed by atoms with E-state index in [1.54, 1.807) is 0 Å². The Labute approximate surface area is 137 Å². The first-order valence-corrected chi connectivity index (χ1v) is 8.37. The lowest BCUT2D eigenvalue weighted by molar-refractivity contribution is -0.145. The first kappa shape index (κ1) is 15.6. The molecule has 0 bridgehead atoms. The smallest absolute Gasteiger partial charge is 0.308 e. The minimum absolute atomic E-state index is 0.0395. The summed E-state index contributed by atoms with van der Waals surface area (Å²) in [4.78, 5) is 16.6. The van der Waals surface area contributed by atoms with Crippen LogP contribution in [0.4, 0.5) is 5.69 Å². The van der Waals surface area contributed by atoms with Gasteiger partial charge in [0.15, 0.2) is 0 Å². The maximum Gasteiger partial charge on any atom is 0.308 e. The van der Waals surface area contributed by atoms with Crippen molar-refractivity contribution >= 4 is 23.3 Å². The van der Waals surface area contributed by atoms with Crippen molar-refractivity contribution in [1.82, 2.24) is 4.90 Å². The number of carbonyl (C=O) groups excluding carboxylic acids is 1. The van der Waals surface area contributed by atoms with Gasteiger partial charge in [0.1, 0.15) is 0 Å². The van der Waals surface area contributed by atoms with Crippen LogP contribution in [0.3, 0.4) is 0 Å². The number of benzene rings is 1. The third-order valence-electron chi connectivity index (χ3n) is 4.96. The first-order valence-electron chi connectivity index (χ1n) is 8.00. The number of carbonyl (C=O) groups is 1. The quantitative estimate of drug-likeness (QED) is 0.801. The van der Waals surface area contributed by atoms with Gasteiger partial charge in [-0.3, -0.25) is 9.69 Å². The van der Waals surface area contributed by atoms with Gasteiger partial charge in [-0.25, -0.2) is 0 Å². The summed E-state index contributed by atoms with van der Waals surface area (Å²) < 4.78 is 4.88. The second-order valence-electron chi connectivity index (χ2n) is 6.19. The fourth-order valence-corrected chi connectivity index (χ4v) is 3.79. The summed E-state index contributed by atoms with van der Waals surface area (Å²) in [5, 5.41) is 0.780. The molecule has 0 spiro atoms. The molecule has 2 unspecified atom stereocenters. The van der Waals surface area contributed by atoms with Crippen LogP contribution in [-0.4, -0.2) is 50.2 Å². The predicted molar refractivity (Wildman–Crippen MR) is 88.4 cm³/mol. The minimum Gasteiger partial charge on any atom is -0.469 e. The Balaban J connectivity index is 1.52. The van der Waals surface area contributed by atoms with E-state index in [1.165, 1.54) is 12.8 Å². The summed E-state index contributed by atoms with van der Waals surface area (Å²) in [6.45, 7) is 4.17. The average Bonchev–Trinajstić information content (AvgIpc) is 3.05. The van der Waals surface area contributed by atoms with Crippen LogP contribution < -0.4 is 4.90 Å². The van der Waals surface area contributed by atoms with Gasteiger partial charge in [0.05, 0.1) is 13.0 Å². The lowest BCUT2D eigenvalue weighted by Gasteiger charge is -2.39. The molecule has 0 radical (unpaired) electrons. The Morgan fingerprint density at radius 3 is 2.45 bits per heavy atom. The van der Waals surface area contributed by atoms with E-state index >= 15 is 0 Å². The second-order valence-corrected chi connectivity index (χ2v) is 6.62. The fraction of sp³-hybridized carbons (Fsp3) is 0.588. The average molecular weight is 323 g/mol. The molecule has 1 saturated carbocycles. The molecule has 1 aliphatic heterocycles. The molecule has 2 aliphatic rings. The van der Waals surface area contributed by atoms with Gasteiger partial charge in [0.2, 0.25) is 0 Å². The summed E-state index contributed by atoms with van der Waals surface area (Å²) in [6.07, 6.45) is 3.03. The molecule has 22 heavy (non-hydrogen) atoms. The van der Waals surface area contributed by atoms with Crippen LogP contribution in [0.2, 0.25) is 5.02 Å². The minimum atomic E-state index is -0.0395. The molecule has 0 amide bonds. The highest BCUT2D eigenvalue weighted by molar-refractivity contribution is 6.30. The van der Waals surface area contributed by atoms with E-state index in [1.807, 2.05) is 12.1 Å². The van der Waals surface area contributed by atoms with Crippen molar-refractivity contribution in [3.8, 4) is 0 Å². The normalized spacial score (nSPS) is 26.2. The molecule has 2 atom stereocenters. The van der Waals surface area contributed by atoms with Crippen LogP contribution in [0.25, 0.3) is 0 Å². The van der Waals surface area contributed by atoms with Crippen LogP contribution in [0, 0.1) is 5.92 Å². The largest absolute Gasteiger partial charge is 0.469 e. The Bertz CT molecular complexity index is 512. The Morgan fingerprint density at radius 2 is 1.82 bits per heavy atom. The second kappa shape index (κ2) is 6.88. The number of nitrogens with zero attached hydrogens (tertiary/aromatic N) is 2. The number of piperazine rings is 1. The van der Waals surface area contributed by atoms with Gasteiger partial charge >= 0.3 is 5.97 Å². The maximum absolute atomic E-state index is 11.6. The van der Waals surface area contributed by atoms with Crippen molar-refractivity contribution in [3.63, 3.8) is 0 Å². The van der Waals surface area contributed by atoms with Crippen LogP contribution in [0.1, 0.15) is 19.3 Å². The van der Waals surface area contributed by atoms with E-state index in [0.29, 0.717) is 6.04 Å². The van der Waals surface area contributed by atoms with Crippen LogP contribution in [-0.2, 0) is 9.53 Å². The zero-order valence-corrected chi connectivity index (χ0v) is 13.8. The highest BCUT2D eigenvalue weighted by atomic mass is 35.5. The molecule has 4 nitrogen and oxygen atoms in total. The highest BCUT2D eigenvalue weighted by Crippen LogP contribution is 2.31. The zero-order chi connectivity index (χ0) is 15.5. The molecule has 120 valence electrons. The summed E-state index contributed by atoms with van der Waals surface area (Å²) in [7, 11) is 1.49. The van der Waals surface area contributed by atoms with Crippen LogP contribution in [0.5, 0.6) is 0 Å². The molecule has 1 aliphatic carbocycles. The van der Waals surface area contributed by atoms with Crippen molar-refractivity contribution in [3.05, 3.63) is 29.3 Å². The number of methoxy groups -OCH3 is 1. The Hall–Kier alpha value is -1.26. The SMILES string of the molecule is COC(=O)C1CCC(N2CCN(c3ccc(Cl)cc3)CC2)C1. The Morgan fingerprint density at radius 1 is 1.14 bits per heavy atom. The van der Waals surface area contributed by atoms with Gasteiger partial charge in [-0.05, 0) is 43.5 Å². The van der Waals surface area contributed by atoms with Crippen molar-refractivity contribution in [1.29, 1.82) is 0 Å². The summed E-state index contributed by atoms with van der Waals surface area (Å²) >= 11 is 5.95. The van der Waals surface area contributed by atoms with E-state index in [0.717, 1.165) is 50.5 Å². The number of rotatable bonds is 3. The van der Waals surface area contributed by atoms with E-state index < -0.39 is 0 Å². The molecular weight excluding hydrogens is 300 g/mol. The molecular formula is C17H23ClN2O2. The molecule has 1 heterocycles. The molecule has 0 N–H and O–H groups in total. The lowest BCUT2D eigenvalue weighted by atomic mass is 10.1. The van der Waals surface area contributed by atoms with Crippen molar-refractivity contribution in [2.24, 2.45) is 5.92 Å². The number of hydrogen-bond acceptors (Lipinski definition) is 4. The molecule has 1 aromatic rings. The molecule has 1 saturated heterocycles. The topological polar surface area (TPSA) is 32.8 Å². The van der Waals surface area contributed by atoms with E-state index in [-0.39, 0.29) is 11.9 Å². The third kappa shape index (κ3) is 3.39. The number of halogens is 1. The van der Waals surface area contributed by atoms with E-state index in [9.17, 15) is 4.79 Å². The standard InChI is InChI=1S/C17H23ClN2O2/c1-22-17(21)13-2-5-16(12-13)20-10-8-19(9-11-20)15-6-3-14(18)4-7-15/h3-4,6-7,13,16H,2,5,8-12H2,1H3. The Kier molecular flexibility index (Phi) is 4.89. The molecule has 1 aromatic carbocycles. The van der Waals surface area contributed by atoms with Gasteiger partial charge in [-0.1, -0.05) is 11.6 Å². The maximum atomic E-state index is 11.6. The lowest BCUT2D eigenvalue weighted by Crippen LogP contribution is -2.49. The monoisotopic (exact) mass is 322 g/mol. The van der Waals surface area contributed by atoms with Crippen molar-refractivity contribution in [2.75, 3.05) is 38.2 Å². The number of esters is 1. The first-order chi connectivity index (χ1) is 10.7. The van der Waals surface area contributed by atoms with Gasteiger partial charge in [-0.2, -0.15) is 0 Å². The van der Waals surface area contributed by atoms with Gasteiger partial charge in [0, 0.05) is 42.9 Å².